The first-order chi connectivity index (χ1) is 12.8. The van der Waals surface area contributed by atoms with Crippen molar-refractivity contribution in [3.8, 4) is 11.4 Å². The van der Waals surface area contributed by atoms with Gasteiger partial charge in [-0.2, -0.15) is 13.2 Å². The quantitative estimate of drug-likeness (QED) is 0.397. The highest BCUT2D eigenvalue weighted by atomic mass is 19.4. The van der Waals surface area contributed by atoms with Crippen LogP contribution in [0.2, 0.25) is 0 Å². The molecule has 138 valence electrons. The topological polar surface area (TPSA) is 14.2 Å². The van der Waals surface area contributed by atoms with Gasteiger partial charge in [-0.25, -0.2) is 0 Å². The number of aromatic nitrogens is 1. The van der Waals surface area contributed by atoms with E-state index in [1.807, 2.05) is 41.8 Å². The van der Waals surface area contributed by atoms with Gasteiger partial charge in [0.05, 0.1) is 23.7 Å². The number of fused-ring (bicyclic) bond motifs is 3. The van der Waals surface area contributed by atoms with E-state index in [1.54, 1.807) is 20.1 Å². The Labute approximate surface area is 154 Å². The lowest BCUT2D eigenvalue weighted by molar-refractivity contribution is -0.137. The Morgan fingerprint density at radius 2 is 1.48 bits per heavy atom. The largest absolute Gasteiger partial charge is 0.497 e. The van der Waals surface area contributed by atoms with Crippen LogP contribution in [-0.4, -0.2) is 11.7 Å². The van der Waals surface area contributed by atoms with Gasteiger partial charge < -0.3 is 9.30 Å². The molecule has 0 aliphatic rings. The first-order valence-corrected chi connectivity index (χ1v) is 8.56. The number of benzene rings is 3. The minimum Gasteiger partial charge on any atom is -0.497 e. The number of alkyl halides is 3. The maximum atomic E-state index is 13.1. The molecule has 2 nitrogen and oxygen atoms in total. The normalized spacial score (nSPS) is 12.1. The Bertz CT molecular complexity index is 1170. The van der Waals surface area contributed by atoms with Crippen LogP contribution in [0.1, 0.15) is 16.7 Å². The molecule has 0 saturated heterocycles. The zero-order valence-corrected chi connectivity index (χ0v) is 15.2. The maximum absolute atomic E-state index is 13.1. The third-order valence-electron chi connectivity index (χ3n) is 4.89. The molecule has 0 unspecified atom stereocenters. The van der Waals surface area contributed by atoms with Crippen LogP contribution in [0.5, 0.6) is 5.75 Å². The summed E-state index contributed by atoms with van der Waals surface area (Å²) in [5, 5.41) is 2.05. The number of hydrogen-bond donors (Lipinski definition) is 0. The highest BCUT2D eigenvalue weighted by molar-refractivity contribution is 6.10. The summed E-state index contributed by atoms with van der Waals surface area (Å²) in [5.74, 6) is 0.743. The molecule has 0 atom stereocenters. The third kappa shape index (κ3) is 2.83. The summed E-state index contributed by atoms with van der Waals surface area (Å²) in [6.07, 6.45) is -4.35. The fourth-order valence-corrected chi connectivity index (χ4v) is 3.59. The summed E-state index contributed by atoms with van der Waals surface area (Å²) < 4.78 is 46.5. The number of aryl methyl sites for hydroxylation is 2. The maximum Gasteiger partial charge on any atom is 0.416 e. The zero-order valence-electron chi connectivity index (χ0n) is 15.2. The lowest BCUT2D eigenvalue weighted by Gasteiger charge is -2.14. The van der Waals surface area contributed by atoms with Gasteiger partial charge in [-0.05, 0) is 67.9 Å². The van der Waals surface area contributed by atoms with Gasteiger partial charge in [0.15, 0.2) is 0 Å². The Morgan fingerprint density at radius 3 is 2.11 bits per heavy atom. The lowest BCUT2D eigenvalue weighted by atomic mass is 10.1. The van der Waals surface area contributed by atoms with E-state index in [0.717, 1.165) is 44.9 Å². The van der Waals surface area contributed by atoms with Crippen molar-refractivity contribution in [2.24, 2.45) is 0 Å². The van der Waals surface area contributed by atoms with Crippen molar-refractivity contribution < 1.29 is 17.9 Å². The molecule has 3 aromatic carbocycles. The Kier molecular flexibility index (Phi) is 3.91. The van der Waals surface area contributed by atoms with Gasteiger partial charge in [-0.3, -0.25) is 0 Å². The van der Waals surface area contributed by atoms with Crippen molar-refractivity contribution in [1.29, 1.82) is 0 Å². The molecule has 0 aliphatic carbocycles. The lowest BCUT2D eigenvalue weighted by Crippen LogP contribution is -2.06. The summed E-state index contributed by atoms with van der Waals surface area (Å²) in [7, 11) is 1.62. The predicted octanol–water partition coefficient (Wildman–Crippen LogP) is 6.43. The molecule has 0 aliphatic heterocycles. The van der Waals surface area contributed by atoms with Crippen LogP contribution < -0.4 is 4.74 Å². The fourth-order valence-electron chi connectivity index (χ4n) is 3.59. The molecule has 1 aromatic heterocycles. The smallest absolute Gasteiger partial charge is 0.416 e. The minimum absolute atomic E-state index is 0.569. The second-order valence-corrected chi connectivity index (χ2v) is 6.74. The van der Waals surface area contributed by atoms with Crippen LogP contribution in [0, 0.1) is 13.8 Å². The minimum atomic E-state index is -4.35. The van der Waals surface area contributed by atoms with Crippen molar-refractivity contribution in [2.45, 2.75) is 20.0 Å². The number of hydrogen-bond acceptors (Lipinski definition) is 1. The van der Waals surface area contributed by atoms with Gasteiger partial charge in [0.25, 0.3) is 0 Å². The van der Waals surface area contributed by atoms with E-state index < -0.39 is 11.7 Å². The van der Waals surface area contributed by atoms with Crippen molar-refractivity contribution in [3.05, 3.63) is 71.3 Å². The van der Waals surface area contributed by atoms with Gasteiger partial charge in [0, 0.05) is 16.5 Å². The zero-order chi connectivity index (χ0) is 19.3. The second kappa shape index (κ2) is 6.05. The van der Waals surface area contributed by atoms with Gasteiger partial charge >= 0.3 is 6.18 Å². The van der Waals surface area contributed by atoms with Crippen LogP contribution >= 0.6 is 0 Å². The summed E-state index contributed by atoms with van der Waals surface area (Å²) >= 11 is 0. The number of methoxy groups -OCH3 is 1. The average molecular weight is 369 g/mol. The van der Waals surface area contributed by atoms with Crippen LogP contribution in [0.15, 0.2) is 54.6 Å². The molecular weight excluding hydrogens is 351 g/mol. The third-order valence-corrected chi connectivity index (χ3v) is 4.89. The highest BCUT2D eigenvalue weighted by Crippen LogP contribution is 2.37. The summed E-state index contributed by atoms with van der Waals surface area (Å²) in [6, 6.07) is 15.8. The summed E-state index contributed by atoms with van der Waals surface area (Å²) in [4.78, 5) is 0. The Morgan fingerprint density at radius 1 is 0.815 bits per heavy atom. The van der Waals surface area contributed by atoms with Crippen molar-refractivity contribution in [2.75, 3.05) is 7.11 Å². The SMILES string of the molecule is COc1ccc2c(c1)c1cc(C)ccc1n2-c1ccc(C(F)(F)F)cc1C. The fraction of sp³-hybridized carbons (Fsp3) is 0.182. The average Bonchev–Trinajstić information content (AvgIpc) is 2.93. The molecule has 0 radical (unpaired) electrons. The van der Waals surface area contributed by atoms with Crippen molar-refractivity contribution in [1.82, 2.24) is 4.57 Å². The van der Waals surface area contributed by atoms with Gasteiger partial charge in [0.2, 0.25) is 0 Å². The van der Waals surface area contributed by atoms with Crippen molar-refractivity contribution in [3.63, 3.8) is 0 Å². The molecule has 0 saturated carbocycles. The first kappa shape index (κ1) is 17.5. The van der Waals surface area contributed by atoms with Gasteiger partial charge in [0.1, 0.15) is 5.75 Å². The number of rotatable bonds is 2. The Balaban J connectivity index is 2.06. The second-order valence-electron chi connectivity index (χ2n) is 6.74. The molecule has 1 heterocycles. The van der Waals surface area contributed by atoms with E-state index in [-0.39, 0.29) is 0 Å². The van der Waals surface area contributed by atoms with E-state index >= 15 is 0 Å². The molecule has 0 amide bonds. The molecule has 4 aromatic rings. The molecule has 5 heteroatoms. The molecule has 0 N–H and O–H groups in total. The van der Waals surface area contributed by atoms with E-state index in [4.69, 9.17) is 4.74 Å². The van der Waals surface area contributed by atoms with Crippen LogP contribution in [0.3, 0.4) is 0 Å². The van der Waals surface area contributed by atoms with Gasteiger partial charge in [-0.15, -0.1) is 0 Å². The first-order valence-electron chi connectivity index (χ1n) is 8.56. The van der Waals surface area contributed by atoms with E-state index in [0.29, 0.717) is 5.56 Å². The van der Waals surface area contributed by atoms with Crippen LogP contribution in [0.4, 0.5) is 13.2 Å². The van der Waals surface area contributed by atoms with Crippen molar-refractivity contribution >= 4 is 21.8 Å². The van der Waals surface area contributed by atoms with Crippen LogP contribution in [-0.2, 0) is 6.18 Å². The summed E-state index contributed by atoms with van der Waals surface area (Å²) in [5.41, 5.74) is 3.67. The standard InChI is InChI=1S/C22H18F3NO/c1-13-4-7-20-17(10-13)18-12-16(27-3)6-9-21(18)26(20)19-8-5-15(11-14(19)2)22(23,24)25/h4-12H,1-3H3. The number of ether oxygens (including phenoxy) is 1. The van der Waals surface area contributed by atoms with Crippen LogP contribution in [0.25, 0.3) is 27.5 Å². The number of nitrogens with zero attached hydrogens (tertiary/aromatic N) is 1. The Hall–Kier alpha value is -2.95. The van der Waals surface area contributed by atoms with E-state index in [9.17, 15) is 13.2 Å². The molecule has 0 bridgehead atoms. The van der Waals surface area contributed by atoms with E-state index in [2.05, 4.69) is 6.07 Å². The molecule has 27 heavy (non-hydrogen) atoms. The highest BCUT2D eigenvalue weighted by Gasteiger charge is 2.31. The van der Waals surface area contributed by atoms with Gasteiger partial charge in [-0.1, -0.05) is 11.6 Å². The summed E-state index contributed by atoms with van der Waals surface area (Å²) in [6.45, 7) is 3.73. The predicted molar refractivity (Wildman–Crippen MR) is 102 cm³/mol. The monoisotopic (exact) mass is 369 g/mol. The molecule has 0 spiro atoms. The van der Waals surface area contributed by atoms with E-state index in [1.165, 1.54) is 6.07 Å². The number of halogens is 3. The molecule has 0 fully saturated rings. The molecule has 4 rings (SSSR count). The molecular formula is C22H18F3NO.